The number of hydrogen-bond donors (Lipinski definition) is 1. The zero-order valence-corrected chi connectivity index (χ0v) is 15.0. The van der Waals surface area contributed by atoms with Crippen molar-refractivity contribution >= 4 is 23.3 Å². The van der Waals surface area contributed by atoms with Crippen LogP contribution in [0.2, 0.25) is 5.02 Å². The van der Waals surface area contributed by atoms with E-state index in [4.69, 9.17) is 25.8 Å². The molecule has 136 valence electrons. The first kappa shape index (κ1) is 18.1. The van der Waals surface area contributed by atoms with Crippen molar-refractivity contribution in [1.29, 1.82) is 0 Å². The Morgan fingerprint density at radius 1 is 1.15 bits per heavy atom. The van der Waals surface area contributed by atoms with Crippen LogP contribution in [0, 0.1) is 0 Å². The fraction of sp³-hybridized carbons (Fsp3) is 0.263. The number of carbonyl (C=O) groups excluding carboxylic acids is 2. The van der Waals surface area contributed by atoms with Gasteiger partial charge in [0.2, 0.25) is 6.79 Å². The van der Waals surface area contributed by atoms with Crippen molar-refractivity contribution in [2.45, 2.75) is 19.9 Å². The summed E-state index contributed by atoms with van der Waals surface area (Å²) in [6.45, 7) is 2.10. The molecule has 0 saturated heterocycles. The van der Waals surface area contributed by atoms with Crippen molar-refractivity contribution in [3.05, 3.63) is 52.5 Å². The van der Waals surface area contributed by atoms with Gasteiger partial charge in [-0.2, -0.15) is 0 Å². The molecule has 7 heteroatoms. The van der Waals surface area contributed by atoms with Crippen LogP contribution in [0.5, 0.6) is 17.2 Å². The molecule has 0 unspecified atom stereocenters. The lowest BCUT2D eigenvalue weighted by Crippen LogP contribution is -2.28. The first-order valence-corrected chi connectivity index (χ1v) is 8.55. The van der Waals surface area contributed by atoms with Crippen LogP contribution in [0.15, 0.2) is 36.4 Å². The summed E-state index contributed by atoms with van der Waals surface area (Å²) in [4.78, 5) is 24.0. The Bertz CT molecular complexity index is 837. The normalized spacial score (nSPS) is 11.9. The van der Waals surface area contributed by atoms with Crippen molar-refractivity contribution in [3.8, 4) is 17.2 Å². The van der Waals surface area contributed by atoms with Gasteiger partial charge < -0.3 is 19.5 Å². The molecule has 1 amide bonds. The first-order chi connectivity index (χ1) is 12.6. The molecule has 26 heavy (non-hydrogen) atoms. The van der Waals surface area contributed by atoms with E-state index in [0.29, 0.717) is 40.8 Å². The van der Waals surface area contributed by atoms with Crippen molar-refractivity contribution in [3.63, 3.8) is 0 Å². The number of carbonyl (C=O) groups is 2. The van der Waals surface area contributed by atoms with Gasteiger partial charge in [0, 0.05) is 18.0 Å². The highest BCUT2D eigenvalue weighted by atomic mass is 35.5. The Labute approximate surface area is 156 Å². The molecular weight excluding hydrogens is 358 g/mol. The Morgan fingerprint density at radius 2 is 1.96 bits per heavy atom. The summed E-state index contributed by atoms with van der Waals surface area (Å²) in [7, 11) is 0. The van der Waals surface area contributed by atoms with E-state index in [1.54, 1.807) is 31.2 Å². The van der Waals surface area contributed by atoms with Crippen molar-refractivity contribution < 1.29 is 23.8 Å². The average molecular weight is 376 g/mol. The van der Waals surface area contributed by atoms with E-state index >= 15 is 0 Å². The molecule has 0 aliphatic carbocycles. The van der Waals surface area contributed by atoms with Crippen LogP contribution < -0.4 is 19.5 Å². The number of benzene rings is 2. The SMILES string of the molecule is CCC(=O)c1cc(Cl)ccc1OCC(=O)NCc1ccc2c(c1)OCO2. The maximum absolute atomic E-state index is 12.0. The highest BCUT2D eigenvalue weighted by Crippen LogP contribution is 2.32. The van der Waals surface area contributed by atoms with Gasteiger partial charge in [0.1, 0.15) is 5.75 Å². The number of rotatable bonds is 7. The lowest BCUT2D eigenvalue weighted by molar-refractivity contribution is -0.123. The molecule has 0 bridgehead atoms. The Balaban J connectivity index is 1.55. The molecule has 0 radical (unpaired) electrons. The third-order valence-electron chi connectivity index (χ3n) is 3.85. The number of nitrogens with one attached hydrogen (secondary N) is 1. The molecule has 2 aromatic rings. The Kier molecular flexibility index (Phi) is 5.63. The molecular formula is C19H18ClNO5. The smallest absolute Gasteiger partial charge is 0.258 e. The van der Waals surface area contributed by atoms with Gasteiger partial charge in [-0.25, -0.2) is 0 Å². The van der Waals surface area contributed by atoms with Gasteiger partial charge in [-0.05, 0) is 35.9 Å². The number of ketones is 1. The van der Waals surface area contributed by atoms with Gasteiger partial charge in [-0.15, -0.1) is 0 Å². The van der Waals surface area contributed by atoms with E-state index in [1.165, 1.54) is 0 Å². The van der Waals surface area contributed by atoms with Gasteiger partial charge in [-0.1, -0.05) is 24.6 Å². The van der Waals surface area contributed by atoms with E-state index in [-0.39, 0.29) is 25.1 Å². The molecule has 0 atom stereocenters. The molecule has 1 heterocycles. The topological polar surface area (TPSA) is 73.9 Å². The minimum atomic E-state index is -0.299. The number of fused-ring (bicyclic) bond motifs is 1. The largest absolute Gasteiger partial charge is 0.483 e. The van der Waals surface area contributed by atoms with Crippen LogP contribution in [0.3, 0.4) is 0 Å². The number of ether oxygens (including phenoxy) is 3. The van der Waals surface area contributed by atoms with E-state index in [0.717, 1.165) is 5.56 Å². The van der Waals surface area contributed by atoms with Crippen LogP contribution in [0.1, 0.15) is 29.3 Å². The zero-order valence-electron chi connectivity index (χ0n) is 14.2. The highest BCUT2D eigenvalue weighted by molar-refractivity contribution is 6.31. The molecule has 1 N–H and O–H groups in total. The van der Waals surface area contributed by atoms with Gasteiger partial charge in [0.05, 0.1) is 5.56 Å². The lowest BCUT2D eigenvalue weighted by Gasteiger charge is -2.11. The van der Waals surface area contributed by atoms with E-state index < -0.39 is 0 Å². The van der Waals surface area contributed by atoms with Crippen LogP contribution in [0.4, 0.5) is 0 Å². The lowest BCUT2D eigenvalue weighted by atomic mass is 10.1. The van der Waals surface area contributed by atoms with Crippen LogP contribution >= 0.6 is 11.6 Å². The summed E-state index contributed by atoms with van der Waals surface area (Å²) in [5.41, 5.74) is 1.26. The quantitative estimate of drug-likeness (QED) is 0.751. The second-order valence-corrected chi connectivity index (χ2v) is 6.11. The summed E-state index contributed by atoms with van der Waals surface area (Å²) < 4.78 is 16.1. The van der Waals surface area contributed by atoms with Gasteiger partial charge >= 0.3 is 0 Å². The highest BCUT2D eigenvalue weighted by Gasteiger charge is 2.15. The van der Waals surface area contributed by atoms with E-state index in [2.05, 4.69) is 5.32 Å². The number of amides is 1. The third kappa shape index (κ3) is 4.26. The third-order valence-corrected chi connectivity index (χ3v) is 4.08. The Morgan fingerprint density at radius 3 is 2.77 bits per heavy atom. The van der Waals surface area contributed by atoms with Gasteiger partial charge in [0.25, 0.3) is 5.91 Å². The Hall–Kier alpha value is -2.73. The van der Waals surface area contributed by atoms with Crippen molar-refractivity contribution in [1.82, 2.24) is 5.32 Å². The fourth-order valence-corrected chi connectivity index (χ4v) is 2.65. The molecule has 3 rings (SSSR count). The molecule has 1 aliphatic rings. The minimum absolute atomic E-state index is 0.0942. The predicted molar refractivity (Wildman–Crippen MR) is 96.0 cm³/mol. The summed E-state index contributed by atoms with van der Waals surface area (Å²) in [5, 5.41) is 3.21. The standard InChI is InChI=1S/C19H18ClNO5/c1-2-15(22)14-8-13(20)4-6-16(14)24-10-19(23)21-9-12-3-5-17-18(7-12)26-11-25-17/h3-8H,2,9-11H2,1H3,(H,21,23). The monoisotopic (exact) mass is 375 g/mol. The molecule has 0 aromatic heterocycles. The van der Waals surface area contributed by atoms with Crippen LogP contribution in [-0.4, -0.2) is 25.1 Å². The molecule has 0 fully saturated rings. The van der Waals surface area contributed by atoms with Gasteiger partial charge in [0.15, 0.2) is 23.9 Å². The summed E-state index contributed by atoms with van der Waals surface area (Å²) >= 11 is 5.93. The number of hydrogen-bond acceptors (Lipinski definition) is 5. The number of Topliss-reactive ketones (excluding diaryl/α,β-unsaturated/α-hetero) is 1. The first-order valence-electron chi connectivity index (χ1n) is 8.17. The summed E-state index contributed by atoms with van der Waals surface area (Å²) in [6.07, 6.45) is 0.326. The summed E-state index contributed by atoms with van der Waals surface area (Å²) in [5.74, 6) is 1.31. The predicted octanol–water partition coefficient (Wildman–Crippen LogP) is 3.36. The molecule has 6 nitrogen and oxygen atoms in total. The second kappa shape index (κ2) is 8.10. The maximum Gasteiger partial charge on any atom is 0.258 e. The maximum atomic E-state index is 12.0. The van der Waals surface area contributed by atoms with Crippen molar-refractivity contribution in [2.75, 3.05) is 13.4 Å². The fourth-order valence-electron chi connectivity index (χ4n) is 2.48. The number of halogens is 1. The zero-order chi connectivity index (χ0) is 18.5. The van der Waals surface area contributed by atoms with Crippen LogP contribution in [0.25, 0.3) is 0 Å². The van der Waals surface area contributed by atoms with Crippen molar-refractivity contribution in [2.24, 2.45) is 0 Å². The molecule has 2 aromatic carbocycles. The minimum Gasteiger partial charge on any atom is -0.483 e. The van der Waals surface area contributed by atoms with E-state index in [1.807, 2.05) is 12.1 Å². The molecule has 0 spiro atoms. The van der Waals surface area contributed by atoms with E-state index in [9.17, 15) is 9.59 Å². The summed E-state index contributed by atoms with van der Waals surface area (Å²) in [6, 6.07) is 10.2. The average Bonchev–Trinajstić information content (AvgIpc) is 3.12. The molecule has 0 saturated carbocycles. The molecule has 1 aliphatic heterocycles. The van der Waals surface area contributed by atoms with Gasteiger partial charge in [-0.3, -0.25) is 9.59 Å². The van der Waals surface area contributed by atoms with Crippen LogP contribution in [-0.2, 0) is 11.3 Å². The second-order valence-electron chi connectivity index (χ2n) is 5.67.